The van der Waals surface area contributed by atoms with Crippen LogP contribution in [0.5, 0.6) is 0 Å². The molecule has 0 atom stereocenters. The molecule has 174 valence electrons. The van der Waals surface area contributed by atoms with E-state index in [1.54, 1.807) is 12.3 Å². The Kier molecular flexibility index (Phi) is 6.58. The van der Waals surface area contributed by atoms with Crippen LogP contribution in [0.2, 0.25) is 0 Å². The van der Waals surface area contributed by atoms with Crippen molar-refractivity contribution in [2.24, 2.45) is 5.92 Å². The zero-order valence-electron chi connectivity index (χ0n) is 19.1. The maximum Gasteiger partial charge on any atom is 0.252 e. The van der Waals surface area contributed by atoms with Gasteiger partial charge >= 0.3 is 0 Å². The quantitative estimate of drug-likeness (QED) is 0.573. The van der Waals surface area contributed by atoms with E-state index in [0.717, 1.165) is 69.1 Å². The monoisotopic (exact) mass is 447 g/mol. The van der Waals surface area contributed by atoms with Gasteiger partial charge in [-0.1, -0.05) is 19.3 Å². The number of pyridine rings is 1. The summed E-state index contributed by atoms with van der Waals surface area (Å²) in [4.78, 5) is 24.4. The van der Waals surface area contributed by atoms with Crippen molar-refractivity contribution >= 4 is 28.4 Å². The summed E-state index contributed by atoms with van der Waals surface area (Å²) in [5.74, 6) is 1.15. The van der Waals surface area contributed by atoms with E-state index < -0.39 is 0 Å². The predicted molar refractivity (Wildman–Crippen MR) is 132 cm³/mol. The van der Waals surface area contributed by atoms with Crippen LogP contribution in [0.15, 0.2) is 47.4 Å². The van der Waals surface area contributed by atoms with Crippen molar-refractivity contribution < 1.29 is 5.11 Å². The topological polar surface area (TPSA) is 83.3 Å². The Bertz CT molecular complexity index is 1130. The van der Waals surface area contributed by atoms with Gasteiger partial charge in [0.25, 0.3) is 5.56 Å². The summed E-state index contributed by atoms with van der Waals surface area (Å²) < 4.78 is 1.88. The fourth-order valence-corrected chi connectivity index (χ4v) is 5.34. The fraction of sp³-hybridized carbons (Fsp3) is 0.500. The summed E-state index contributed by atoms with van der Waals surface area (Å²) >= 11 is 0. The first kappa shape index (κ1) is 21.9. The first-order valence-electron chi connectivity index (χ1n) is 12.3. The Morgan fingerprint density at radius 1 is 0.970 bits per heavy atom. The van der Waals surface area contributed by atoms with Gasteiger partial charge < -0.3 is 15.3 Å². The molecule has 2 aromatic heterocycles. The number of rotatable bonds is 6. The zero-order valence-corrected chi connectivity index (χ0v) is 19.1. The Hall–Kier alpha value is -2.93. The molecule has 7 nitrogen and oxygen atoms in total. The highest BCUT2D eigenvalue weighted by molar-refractivity contribution is 5.76. The lowest BCUT2D eigenvalue weighted by Crippen LogP contribution is -2.33. The Morgan fingerprint density at radius 3 is 2.45 bits per heavy atom. The highest BCUT2D eigenvalue weighted by Gasteiger charge is 2.20. The van der Waals surface area contributed by atoms with Gasteiger partial charge in [-0.05, 0) is 68.4 Å². The zero-order chi connectivity index (χ0) is 22.6. The summed E-state index contributed by atoms with van der Waals surface area (Å²) in [5, 5.41) is 13.4. The molecule has 0 spiro atoms. The molecular weight excluding hydrogens is 414 g/mol. The smallest absolute Gasteiger partial charge is 0.252 e. The molecule has 1 aliphatic carbocycles. The number of nitrogens with zero attached hydrogens (tertiary/aromatic N) is 4. The number of hydrogen-bond acceptors (Lipinski definition) is 6. The number of aromatic nitrogens is 3. The van der Waals surface area contributed by atoms with Gasteiger partial charge in [0.05, 0.1) is 0 Å². The predicted octanol–water partition coefficient (Wildman–Crippen LogP) is 4.64. The van der Waals surface area contributed by atoms with Crippen LogP contribution in [0.25, 0.3) is 11.0 Å². The summed E-state index contributed by atoms with van der Waals surface area (Å²) in [6.07, 6.45) is 10.6. The molecule has 0 amide bonds. The third-order valence-electron chi connectivity index (χ3n) is 7.25. The first-order valence-corrected chi connectivity index (χ1v) is 12.3. The number of hydrogen-bond donors (Lipinski definition) is 2. The van der Waals surface area contributed by atoms with Gasteiger partial charge in [-0.15, -0.1) is 0 Å². The fourth-order valence-electron chi connectivity index (χ4n) is 5.34. The van der Waals surface area contributed by atoms with Crippen molar-refractivity contribution in [2.45, 2.75) is 57.4 Å². The molecule has 5 rings (SSSR count). The number of aliphatic hydroxyl groups excluding tert-OH is 1. The van der Waals surface area contributed by atoms with E-state index in [1.165, 1.54) is 12.1 Å². The minimum Gasteiger partial charge on any atom is -0.396 e. The summed E-state index contributed by atoms with van der Waals surface area (Å²) in [5.41, 5.74) is 2.88. The molecule has 0 radical (unpaired) electrons. The Balaban J connectivity index is 1.32. The summed E-state index contributed by atoms with van der Waals surface area (Å²) in [6, 6.07) is 12.1. The van der Waals surface area contributed by atoms with Crippen LogP contribution in [0.4, 0.5) is 17.3 Å². The summed E-state index contributed by atoms with van der Waals surface area (Å²) in [6.45, 7) is 2.35. The molecule has 3 heterocycles. The standard InChI is InChI=1S/C26H33N5O2/c32-17-14-19-12-15-30(16-13-19)22-9-7-21(8-10-22)28-26-27-18-20-6-11-24(33)31(25(20)29-26)23-4-2-1-3-5-23/h6-11,18-19,23,32H,1-5,12-17H2,(H,27,28,29). The molecule has 1 aromatic carbocycles. The second-order valence-corrected chi connectivity index (χ2v) is 9.42. The van der Waals surface area contributed by atoms with Crippen LogP contribution < -0.4 is 15.8 Å². The maximum atomic E-state index is 12.7. The Labute approximate surface area is 194 Å². The van der Waals surface area contributed by atoms with Crippen molar-refractivity contribution in [2.75, 3.05) is 29.9 Å². The Morgan fingerprint density at radius 2 is 1.73 bits per heavy atom. The molecule has 33 heavy (non-hydrogen) atoms. The SMILES string of the molecule is O=c1ccc2cnc(Nc3ccc(N4CCC(CCO)CC4)cc3)nc2n1C1CCCCC1. The number of piperidine rings is 1. The van der Waals surface area contributed by atoms with E-state index in [1.807, 2.05) is 10.6 Å². The molecular formula is C26H33N5O2. The van der Waals surface area contributed by atoms with Crippen LogP contribution in [0, 0.1) is 5.92 Å². The van der Waals surface area contributed by atoms with Crippen molar-refractivity contribution in [1.82, 2.24) is 14.5 Å². The molecule has 2 fully saturated rings. The number of fused-ring (bicyclic) bond motifs is 1. The normalized spacial score (nSPS) is 18.0. The lowest BCUT2D eigenvalue weighted by Gasteiger charge is -2.33. The van der Waals surface area contributed by atoms with Crippen LogP contribution in [0.1, 0.15) is 57.4 Å². The van der Waals surface area contributed by atoms with E-state index >= 15 is 0 Å². The lowest BCUT2D eigenvalue weighted by molar-refractivity contribution is 0.240. The number of aliphatic hydroxyl groups is 1. The minimum absolute atomic E-state index is 0.0196. The van der Waals surface area contributed by atoms with Crippen LogP contribution in [-0.4, -0.2) is 39.3 Å². The van der Waals surface area contributed by atoms with Crippen molar-refractivity contribution in [3.8, 4) is 0 Å². The second-order valence-electron chi connectivity index (χ2n) is 9.42. The number of benzene rings is 1. The molecule has 2 aliphatic rings. The lowest BCUT2D eigenvalue weighted by atomic mass is 9.93. The van der Waals surface area contributed by atoms with E-state index in [-0.39, 0.29) is 11.6 Å². The average Bonchev–Trinajstić information content (AvgIpc) is 2.86. The number of nitrogens with one attached hydrogen (secondary N) is 1. The van der Waals surface area contributed by atoms with Crippen molar-refractivity contribution in [3.05, 3.63) is 52.9 Å². The van der Waals surface area contributed by atoms with Crippen LogP contribution in [-0.2, 0) is 0 Å². The van der Waals surface area contributed by atoms with Gasteiger partial charge in [-0.2, -0.15) is 4.98 Å². The summed E-state index contributed by atoms with van der Waals surface area (Å²) in [7, 11) is 0. The molecule has 0 unspecified atom stereocenters. The second kappa shape index (κ2) is 9.91. The maximum absolute atomic E-state index is 12.7. The van der Waals surface area contributed by atoms with Crippen LogP contribution >= 0.6 is 0 Å². The highest BCUT2D eigenvalue weighted by Crippen LogP contribution is 2.30. The van der Waals surface area contributed by atoms with Crippen LogP contribution in [0.3, 0.4) is 0 Å². The molecule has 3 aromatic rings. The molecule has 0 bridgehead atoms. The number of anilines is 3. The minimum atomic E-state index is 0.0196. The van der Waals surface area contributed by atoms with Crippen molar-refractivity contribution in [1.29, 1.82) is 0 Å². The van der Waals surface area contributed by atoms with Gasteiger partial charge in [0.2, 0.25) is 5.95 Å². The van der Waals surface area contributed by atoms with Gasteiger partial charge in [-0.25, -0.2) is 4.98 Å². The van der Waals surface area contributed by atoms with E-state index in [0.29, 0.717) is 24.1 Å². The third kappa shape index (κ3) is 4.88. The average molecular weight is 448 g/mol. The van der Waals surface area contributed by atoms with Gasteiger partial charge in [0.15, 0.2) is 0 Å². The molecule has 1 saturated heterocycles. The van der Waals surface area contributed by atoms with E-state index in [9.17, 15) is 4.79 Å². The van der Waals surface area contributed by atoms with Gasteiger partial charge in [-0.3, -0.25) is 9.36 Å². The molecule has 1 aliphatic heterocycles. The van der Waals surface area contributed by atoms with Crippen molar-refractivity contribution in [3.63, 3.8) is 0 Å². The largest absolute Gasteiger partial charge is 0.396 e. The third-order valence-corrected chi connectivity index (χ3v) is 7.25. The molecule has 1 saturated carbocycles. The molecule has 7 heteroatoms. The van der Waals surface area contributed by atoms with Gasteiger partial charge in [0, 0.05) is 54.8 Å². The molecule has 2 N–H and O–H groups in total. The van der Waals surface area contributed by atoms with E-state index in [2.05, 4.69) is 39.5 Å². The first-order chi connectivity index (χ1) is 16.2. The van der Waals surface area contributed by atoms with Gasteiger partial charge in [0.1, 0.15) is 5.65 Å². The van der Waals surface area contributed by atoms with E-state index in [4.69, 9.17) is 10.1 Å². The highest BCUT2D eigenvalue weighted by atomic mass is 16.3.